The van der Waals surface area contributed by atoms with Crippen molar-refractivity contribution < 1.29 is 4.79 Å². The molecule has 0 spiro atoms. The summed E-state index contributed by atoms with van der Waals surface area (Å²) in [5, 5.41) is 2.99. The van der Waals surface area contributed by atoms with Crippen LogP contribution in [0.5, 0.6) is 0 Å². The lowest BCUT2D eigenvalue weighted by molar-refractivity contribution is -0.132. The van der Waals surface area contributed by atoms with Crippen LogP contribution in [0, 0.1) is 6.92 Å². The monoisotopic (exact) mass is 290 g/mol. The molecule has 1 atom stereocenters. The quantitative estimate of drug-likeness (QED) is 0.869. The fraction of sp³-hybridized carbons (Fsp3) is 0.500. The molecule has 3 rings (SSSR count). The topological polar surface area (TPSA) is 51.0 Å². The molecule has 2 aromatic rings. The van der Waals surface area contributed by atoms with Crippen LogP contribution in [0.15, 0.2) is 24.1 Å². The SMILES string of the molecule is Cc1nc(CC(=O)N2CCC[C@@H](n3ccnc3)C2)cs1. The molecule has 106 valence electrons. The van der Waals surface area contributed by atoms with Gasteiger partial charge in [-0.25, -0.2) is 9.97 Å². The van der Waals surface area contributed by atoms with Crippen molar-refractivity contribution in [1.82, 2.24) is 19.4 Å². The maximum absolute atomic E-state index is 12.4. The van der Waals surface area contributed by atoms with Gasteiger partial charge in [0.25, 0.3) is 0 Å². The fourth-order valence-electron chi connectivity index (χ4n) is 2.67. The van der Waals surface area contributed by atoms with Gasteiger partial charge in [-0.2, -0.15) is 0 Å². The number of aromatic nitrogens is 3. The van der Waals surface area contributed by atoms with Crippen molar-refractivity contribution in [1.29, 1.82) is 0 Å². The number of aryl methyl sites for hydroxylation is 1. The number of imidazole rings is 1. The van der Waals surface area contributed by atoms with Crippen LogP contribution in [-0.2, 0) is 11.2 Å². The van der Waals surface area contributed by atoms with E-state index in [1.165, 1.54) is 0 Å². The summed E-state index contributed by atoms with van der Waals surface area (Å²) in [7, 11) is 0. The van der Waals surface area contributed by atoms with E-state index >= 15 is 0 Å². The summed E-state index contributed by atoms with van der Waals surface area (Å²) in [6.07, 6.45) is 8.17. The molecule has 0 aliphatic carbocycles. The molecule has 0 N–H and O–H groups in total. The van der Waals surface area contributed by atoms with Gasteiger partial charge in [-0.3, -0.25) is 4.79 Å². The van der Waals surface area contributed by atoms with E-state index in [4.69, 9.17) is 0 Å². The van der Waals surface area contributed by atoms with Gasteiger partial charge in [0.05, 0.1) is 29.5 Å². The van der Waals surface area contributed by atoms with Gasteiger partial charge in [0.2, 0.25) is 5.91 Å². The van der Waals surface area contributed by atoms with Crippen molar-refractivity contribution >= 4 is 17.2 Å². The Morgan fingerprint density at radius 1 is 1.55 bits per heavy atom. The van der Waals surface area contributed by atoms with E-state index in [9.17, 15) is 4.79 Å². The van der Waals surface area contributed by atoms with Crippen LogP contribution < -0.4 is 0 Å². The molecule has 0 saturated carbocycles. The molecule has 2 aromatic heterocycles. The number of hydrogen-bond donors (Lipinski definition) is 0. The average Bonchev–Trinajstić information content (AvgIpc) is 3.11. The second-order valence-corrected chi connectivity index (χ2v) is 6.24. The van der Waals surface area contributed by atoms with Crippen molar-refractivity contribution in [3.8, 4) is 0 Å². The molecule has 6 heteroatoms. The highest BCUT2D eigenvalue weighted by Crippen LogP contribution is 2.22. The molecule has 0 radical (unpaired) electrons. The van der Waals surface area contributed by atoms with Gasteiger partial charge < -0.3 is 9.47 Å². The largest absolute Gasteiger partial charge is 0.340 e. The lowest BCUT2D eigenvalue weighted by atomic mass is 10.1. The smallest absolute Gasteiger partial charge is 0.228 e. The summed E-state index contributed by atoms with van der Waals surface area (Å²) < 4.78 is 2.10. The number of carbonyl (C=O) groups is 1. The third-order valence-electron chi connectivity index (χ3n) is 3.69. The minimum atomic E-state index is 0.181. The Hall–Kier alpha value is -1.69. The van der Waals surface area contributed by atoms with Gasteiger partial charge in [-0.1, -0.05) is 0 Å². The maximum atomic E-state index is 12.4. The molecule has 5 nitrogen and oxygen atoms in total. The van der Waals surface area contributed by atoms with Crippen molar-refractivity contribution in [3.05, 3.63) is 34.8 Å². The Morgan fingerprint density at radius 2 is 2.45 bits per heavy atom. The summed E-state index contributed by atoms with van der Waals surface area (Å²) in [5.74, 6) is 0.181. The zero-order valence-corrected chi connectivity index (χ0v) is 12.3. The van der Waals surface area contributed by atoms with Crippen molar-refractivity contribution in [3.63, 3.8) is 0 Å². The molecular weight excluding hydrogens is 272 g/mol. The Bertz CT molecular complexity index is 578. The van der Waals surface area contributed by atoms with Gasteiger partial charge >= 0.3 is 0 Å². The summed E-state index contributed by atoms with van der Waals surface area (Å²) in [6.45, 7) is 3.60. The molecule has 1 saturated heterocycles. The van der Waals surface area contributed by atoms with E-state index in [1.54, 1.807) is 17.5 Å². The molecule has 3 heterocycles. The highest BCUT2D eigenvalue weighted by atomic mass is 32.1. The molecular formula is C14H18N4OS. The van der Waals surface area contributed by atoms with Crippen molar-refractivity contribution in [2.45, 2.75) is 32.2 Å². The number of thiazole rings is 1. The standard InChI is InChI=1S/C14H18N4OS/c1-11-16-12(9-20-11)7-14(19)17-5-2-3-13(8-17)18-6-4-15-10-18/h4,6,9-10,13H,2-3,5,7-8H2,1H3/t13-/m1/s1. The van der Waals surface area contributed by atoms with Crippen LogP contribution in [0.2, 0.25) is 0 Å². The highest BCUT2D eigenvalue weighted by Gasteiger charge is 2.24. The first kappa shape index (κ1) is 13.3. The fourth-order valence-corrected chi connectivity index (χ4v) is 3.28. The molecule has 0 aromatic carbocycles. The summed E-state index contributed by atoms with van der Waals surface area (Å²) in [4.78, 5) is 22.8. The number of piperidine rings is 1. The van der Waals surface area contributed by atoms with E-state index < -0.39 is 0 Å². The molecule has 1 aliphatic heterocycles. The predicted molar refractivity (Wildman–Crippen MR) is 77.6 cm³/mol. The molecule has 1 amide bonds. The van der Waals surface area contributed by atoms with Crippen molar-refractivity contribution in [2.24, 2.45) is 0 Å². The first-order valence-corrected chi connectivity index (χ1v) is 7.76. The van der Waals surface area contributed by atoms with E-state index in [1.807, 2.05) is 29.7 Å². The van der Waals surface area contributed by atoms with Crippen LogP contribution in [-0.4, -0.2) is 38.4 Å². The van der Waals surface area contributed by atoms with Crippen LogP contribution in [0.25, 0.3) is 0 Å². The molecule has 1 fully saturated rings. The van der Waals surface area contributed by atoms with Gasteiger partial charge in [0.15, 0.2) is 0 Å². The van der Waals surface area contributed by atoms with E-state index in [-0.39, 0.29) is 5.91 Å². The molecule has 20 heavy (non-hydrogen) atoms. The van der Waals surface area contributed by atoms with Crippen LogP contribution in [0.3, 0.4) is 0 Å². The number of carbonyl (C=O) groups excluding carboxylic acids is 1. The van der Waals surface area contributed by atoms with Gasteiger partial charge in [0, 0.05) is 30.9 Å². The first-order valence-electron chi connectivity index (χ1n) is 6.88. The second-order valence-electron chi connectivity index (χ2n) is 5.18. The highest BCUT2D eigenvalue weighted by molar-refractivity contribution is 7.09. The third kappa shape index (κ3) is 2.90. The number of likely N-dealkylation sites (tertiary alicyclic amines) is 1. The molecule has 1 aliphatic rings. The zero-order chi connectivity index (χ0) is 13.9. The second kappa shape index (κ2) is 5.75. The van der Waals surface area contributed by atoms with E-state index in [0.29, 0.717) is 12.5 Å². The minimum Gasteiger partial charge on any atom is -0.340 e. The Morgan fingerprint density at radius 3 is 3.15 bits per heavy atom. The maximum Gasteiger partial charge on any atom is 0.228 e. The van der Waals surface area contributed by atoms with Crippen LogP contribution in [0.1, 0.15) is 29.6 Å². The minimum absolute atomic E-state index is 0.181. The van der Waals surface area contributed by atoms with Crippen LogP contribution >= 0.6 is 11.3 Å². The van der Waals surface area contributed by atoms with Crippen LogP contribution in [0.4, 0.5) is 0 Å². The zero-order valence-electron chi connectivity index (χ0n) is 11.5. The molecule has 0 unspecified atom stereocenters. The van der Waals surface area contributed by atoms with Crippen molar-refractivity contribution in [2.75, 3.05) is 13.1 Å². The molecule has 0 bridgehead atoms. The summed E-state index contributed by atoms with van der Waals surface area (Å²) in [5.41, 5.74) is 0.891. The number of amides is 1. The van der Waals surface area contributed by atoms with Gasteiger partial charge in [-0.15, -0.1) is 11.3 Å². The lowest BCUT2D eigenvalue weighted by Crippen LogP contribution is -2.41. The Labute approximate surface area is 122 Å². The number of hydrogen-bond acceptors (Lipinski definition) is 4. The normalized spacial score (nSPS) is 19.2. The summed E-state index contributed by atoms with van der Waals surface area (Å²) in [6, 6.07) is 0.354. The third-order valence-corrected chi connectivity index (χ3v) is 4.52. The Kier molecular flexibility index (Phi) is 3.82. The Balaban J connectivity index is 1.63. The average molecular weight is 290 g/mol. The van der Waals surface area contributed by atoms with E-state index in [2.05, 4.69) is 14.5 Å². The lowest BCUT2D eigenvalue weighted by Gasteiger charge is -2.33. The summed E-state index contributed by atoms with van der Waals surface area (Å²) >= 11 is 1.60. The first-order chi connectivity index (χ1) is 9.72. The number of nitrogens with zero attached hydrogens (tertiary/aromatic N) is 4. The van der Waals surface area contributed by atoms with Gasteiger partial charge in [-0.05, 0) is 19.8 Å². The van der Waals surface area contributed by atoms with E-state index in [0.717, 1.165) is 36.6 Å². The van der Waals surface area contributed by atoms with Gasteiger partial charge in [0.1, 0.15) is 0 Å². The predicted octanol–water partition coefficient (Wildman–Crippen LogP) is 2.05. The number of rotatable bonds is 3.